The summed E-state index contributed by atoms with van der Waals surface area (Å²) >= 11 is 0. The van der Waals surface area contributed by atoms with E-state index in [2.05, 4.69) is 18.1 Å². The van der Waals surface area contributed by atoms with Crippen LogP contribution in [-0.2, 0) is 4.74 Å². The van der Waals surface area contributed by atoms with Crippen molar-refractivity contribution in [2.75, 3.05) is 0 Å². The van der Waals surface area contributed by atoms with Crippen molar-refractivity contribution >= 4 is 27.5 Å². The van der Waals surface area contributed by atoms with Crippen molar-refractivity contribution < 1.29 is 9.53 Å². The highest BCUT2D eigenvalue weighted by Crippen LogP contribution is 2.28. The van der Waals surface area contributed by atoms with Crippen LogP contribution >= 0.6 is 0 Å². The molecule has 2 heteroatoms. The van der Waals surface area contributed by atoms with Crippen molar-refractivity contribution in [1.82, 2.24) is 0 Å². The maximum absolute atomic E-state index is 12.3. The second-order valence-electron chi connectivity index (χ2n) is 4.44. The zero-order chi connectivity index (χ0) is 13.9. The maximum Gasteiger partial charge on any atom is 0.353 e. The number of benzene rings is 3. The van der Waals surface area contributed by atoms with E-state index in [0.29, 0.717) is 5.56 Å². The topological polar surface area (TPSA) is 26.3 Å². The molecular weight excluding hydrogens is 248 g/mol. The predicted octanol–water partition coefficient (Wildman–Crippen LogP) is 4.13. The molecule has 0 N–H and O–H groups in total. The molecule has 0 radical (unpaired) electrons. The van der Waals surface area contributed by atoms with E-state index in [4.69, 9.17) is 4.74 Å². The van der Waals surface area contributed by atoms with Gasteiger partial charge in [0.05, 0.1) is 5.56 Å². The Balaban J connectivity index is 2.38. The molecule has 3 aromatic rings. The van der Waals surface area contributed by atoms with E-state index in [9.17, 15) is 4.79 Å². The Kier molecular flexibility index (Phi) is 3.10. The molecule has 0 aliphatic carbocycles. The quantitative estimate of drug-likeness (QED) is 0.373. The van der Waals surface area contributed by atoms with Crippen molar-refractivity contribution in [2.45, 2.75) is 6.92 Å². The van der Waals surface area contributed by atoms with Gasteiger partial charge in [-0.3, -0.25) is 0 Å². The van der Waals surface area contributed by atoms with Crippen molar-refractivity contribution in [3.63, 3.8) is 0 Å². The molecule has 0 heterocycles. The largest absolute Gasteiger partial charge is 0.368 e. The molecule has 0 atom stereocenters. The second kappa shape index (κ2) is 5.07. The minimum atomic E-state index is -0.410. The minimum Gasteiger partial charge on any atom is -0.368 e. The van der Waals surface area contributed by atoms with E-state index >= 15 is 0 Å². The Morgan fingerprint density at radius 3 is 2.05 bits per heavy atom. The highest BCUT2D eigenvalue weighted by Gasteiger charge is 2.15. The lowest BCUT2D eigenvalue weighted by Crippen LogP contribution is -2.03. The predicted molar refractivity (Wildman–Crippen MR) is 80.3 cm³/mol. The van der Waals surface area contributed by atoms with Crippen molar-refractivity contribution in [2.24, 2.45) is 0 Å². The van der Waals surface area contributed by atoms with E-state index in [1.807, 2.05) is 48.5 Å². The second-order valence-corrected chi connectivity index (χ2v) is 4.44. The molecule has 0 amide bonds. The van der Waals surface area contributed by atoms with Crippen LogP contribution < -0.4 is 0 Å². The summed E-state index contributed by atoms with van der Waals surface area (Å²) in [6.45, 7) is 1.63. The molecule has 96 valence electrons. The number of rotatable bonds is 1. The highest BCUT2D eigenvalue weighted by molar-refractivity contribution is 6.16. The average Bonchev–Trinajstić information content (AvgIpc) is 2.50. The van der Waals surface area contributed by atoms with Crippen LogP contribution in [-0.4, -0.2) is 5.97 Å². The summed E-state index contributed by atoms with van der Waals surface area (Å²) < 4.78 is 4.99. The van der Waals surface area contributed by atoms with Gasteiger partial charge in [-0.1, -0.05) is 54.5 Å². The minimum absolute atomic E-state index is 0.410. The Bertz CT molecular complexity index is 813. The van der Waals surface area contributed by atoms with Gasteiger partial charge in [-0.25, -0.2) is 4.79 Å². The SMILES string of the molecule is CC#COC(=O)c1c2ccccc2cc2ccccc12. The van der Waals surface area contributed by atoms with Crippen LogP contribution in [0.5, 0.6) is 0 Å². The summed E-state index contributed by atoms with van der Waals surface area (Å²) in [6.07, 6.45) is 2.38. The molecule has 3 rings (SSSR count). The van der Waals surface area contributed by atoms with E-state index in [-0.39, 0.29) is 0 Å². The Labute approximate surface area is 117 Å². The Morgan fingerprint density at radius 1 is 0.950 bits per heavy atom. The number of fused-ring (bicyclic) bond motifs is 2. The van der Waals surface area contributed by atoms with Crippen LogP contribution in [0.4, 0.5) is 0 Å². The Hall–Kier alpha value is -2.79. The van der Waals surface area contributed by atoms with E-state index in [0.717, 1.165) is 21.5 Å². The third-order valence-electron chi connectivity index (χ3n) is 3.22. The number of ether oxygens (including phenoxy) is 1. The third-order valence-corrected chi connectivity index (χ3v) is 3.22. The summed E-state index contributed by atoms with van der Waals surface area (Å²) in [5, 5.41) is 3.80. The molecule has 2 nitrogen and oxygen atoms in total. The summed E-state index contributed by atoms with van der Waals surface area (Å²) in [4.78, 5) is 12.3. The summed E-state index contributed by atoms with van der Waals surface area (Å²) in [5.41, 5.74) is 0.571. The molecule has 0 saturated carbocycles. The van der Waals surface area contributed by atoms with Crippen LogP contribution in [0.1, 0.15) is 17.3 Å². The van der Waals surface area contributed by atoms with Crippen molar-refractivity contribution in [3.8, 4) is 12.0 Å². The van der Waals surface area contributed by atoms with Gasteiger partial charge < -0.3 is 4.74 Å². The Morgan fingerprint density at radius 2 is 1.50 bits per heavy atom. The summed E-state index contributed by atoms with van der Waals surface area (Å²) in [7, 11) is 0. The van der Waals surface area contributed by atoms with Crippen molar-refractivity contribution in [3.05, 3.63) is 60.2 Å². The van der Waals surface area contributed by atoms with Crippen LogP contribution in [0.25, 0.3) is 21.5 Å². The first-order valence-corrected chi connectivity index (χ1v) is 6.34. The number of carbonyl (C=O) groups is 1. The molecule has 0 fully saturated rings. The van der Waals surface area contributed by atoms with Gasteiger partial charge in [-0.2, -0.15) is 0 Å². The fourth-order valence-electron chi connectivity index (χ4n) is 2.38. The van der Waals surface area contributed by atoms with E-state index in [1.54, 1.807) is 6.92 Å². The van der Waals surface area contributed by atoms with Gasteiger partial charge in [0, 0.05) is 6.92 Å². The fourth-order valence-corrected chi connectivity index (χ4v) is 2.38. The lowest BCUT2D eigenvalue weighted by Gasteiger charge is -2.08. The monoisotopic (exact) mass is 260 g/mol. The molecule has 0 unspecified atom stereocenters. The fraction of sp³-hybridized carbons (Fsp3) is 0.0556. The zero-order valence-electron chi connectivity index (χ0n) is 11.0. The average molecular weight is 260 g/mol. The lowest BCUT2D eigenvalue weighted by atomic mass is 9.97. The first-order chi connectivity index (χ1) is 9.81. The van der Waals surface area contributed by atoms with Gasteiger partial charge >= 0.3 is 5.97 Å². The molecule has 0 bridgehead atoms. The lowest BCUT2D eigenvalue weighted by molar-refractivity contribution is 0.0694. The molecule has 0 aliphatic heterocycles. The zero-order valence-corrected chi connectivity index (χ0v) is 11.0. The van der Waals surface area contributed by atoms with Gasteiger partial charge in [0.1, 0.15) is 6.11 Å². The number of carbonyl (C=O) groups excluding carboxylic acids is 1. The maximum atomic E-state index is 12.3. The van der Waals surface area contributed by atoms with Gasteiger partial charge in [-0.05, 0) is 27.6 Å². The van der Waals surface area contributed by atoms with Crippen LogP contribution in [0.2, 0.25) is 0 Å². The molecule has 0 aromatic heterocycles. The van der Waals surface area contributed by atoms with Gasteiger partial charge in [0.15, 0.2) is 0 Å². The van der Waals surface area contributed by atoms with Gasteiger partial charge in [0.2, 0.25) is 0 Å². The molecular formula is C18H12O2. The number of hydrogen-bond donors (Lipinski definition) is 0. The summed E-state index contributed by atoms with van der Waals surface area (Å²) in [5.74, 6) is 2.16. The molecule has 3 aromatic carbocycles. The standard InChI is InChI=1S/C18H12O2/c1-2-11-20-18(19)17-15-9-5-3-7-13(15)12-14-8-4-6-10-16(14)17/h3-10,12H,1H3. The van der Waals surface area contributed by atoms with Crippen LogP contribution in [0, 0.1) is 12.0 Å². The summed E-state index contributed by atoms with van der Waals surface area (Å²) in [6, 6.07) is 17.7. The van der Waals surface area contributed by atoms with Gasteiger partial charge in [-0.15, -0.1) is 0 Å². The molecule has 0 saturated heterocycles. The molecule has 0 aliphatic rings. The smallest absolute Gasteiger partial charge is 0.353 e. The van der Waals surface area contributed by atoms with Gasteiger partial charge in [0.25, 0.3) is 0 Å². The van der Waals surface area contributed by atoms with E-state index < -0.39 is 5.97 Å². The normalized spacial score (nSPS) is 10.1. The number of esters is 1. The van der Waals surface area contributed by atoms with Crippen LogP contribution in [0.15, 0.2) is 54.6 Å². The number of hydrogen-bond acceptors (Lipinski definition) is 2. The third kappa shape index (κ3) is 2.00. The van der Waals surface area contributed by atoms with E-state index in [1.165, 1.54) is 0 Å². The van der Waals surface area contributed by atoms with Crippen molar-refractivity contribution in [1.29, 1.82) is 0 Å². The highest BCUT2D eigenvalue weighted by atomic mass is 16.5. The molecule has 20 heavy (non-hydrogen) atoms. The molecule has 0 spiro atoms. The van der Waals surface area contributed by atoms with Crippen LogP contribution in [0.3, 0.4) is 0 Å². The first kappa shape index (κ1) is 12.3. The first-order valence-electron chi connectivity index (χ1n) is 6.34.